The lowest BCUT2D eigenvalue weighted by Gasteiger charge is -2.63. The summed E-state index contributed by atoms with van der Waals surface area (Å²) in [6, 6.07) is 0. The molecular weight excluding hydrogens is 412 g/mol. The Morgan fingerprint density at radius 3 is 2.48 bits per heavy atom. The van der Waals surface area contributed by atoms with E-state index in [2.05, 4.69) is 27.7 Å². The zero-order valence-corrected chi connectivity index (χ0v) is 21.7. The van der Waals surface area contributed by atoms with Crippen LogP contribution in [-0.2, 0) is 9.53 Å². The molecule has 4 rings (SSSR count). The zero-order valence-electron chi connectivity index (χ0n) is 21.7. The first-order chi connectivity index (χ1) is 15.7. The van der Waals surface area contributed by atoms with Crippen LogP contribution in [0.3, 0.4) is 0 Å². The first kappa shape index (κ1) is 25.5. The number of aliphatic hydroxyl groups excluding tert-OH is 1. The average molecular weight is 463 g/mol. The maximum absolute atomic E-state index is 11.2. The molecule has 4 heteroatoms. The molecule has 0 aromatic carbocycles. The van der Waals surface area contributed by atoms with E-state index in [1.807, 2.05) is 0 Å². The highest BCUT2D eigenvalue weighted by molar-refractivity contribution is 5.66. The summed E-state index contributed by atoms with van der Waals surface area (Å²) >= 11 is 0. The summed E-state index contributed by atoms with van der Waals surface area (Å²) in [4.78, 5) is 11.2. The summed E-state index contributed by atoms with van der Waals surface area (Å²) in [5.74, 6) is 3.11. The summed E-state index contributed by atoms with van der Waals surface area (Å²) in [7, 11) is 0. The van der Waals surface area contributed by atoms with Crippen molar-refractivity contribution in [2.75, 3.05) is 6.61 Å². The second kappa shape index (κ2) is 10.2. The van der Waals surface area contributed by atoms with E-state index in [9.17, 15) is 15.0 Å². The lowest BCUT2D eigenvalue weighted by atomic mass is 9.43. The van der Waals surface area contributed by atoms with E-state index in [0.717, 1.165) is 38.7 Å². The van der Waals surface area contributed by atoms with Crippen molar-refractivity contribution in [2.45, 2.75) is 123 Å². The van der Waals surface area contributed by atoms with E-state index in [0.29, 0.717) is 58.9 Å². The number of carboxylic acid groups (broad SMARTS) is 1. The average Bonchev–Trinajstić information content (AvgIpc) is 3.13. The number of carbonyl (C=O) groups is 1. The van der Waals surface area contributed by atoms with Gasteiger partial charge in [0.25, 0.3) is 0 Å². The van der Waals surface area contributed by atoms with Gasteiger partial charge in [-0.3, -0.25) is 4.79 Å². The molecule has 0 saturated heterocycles. The van der Waals surface area contributed by atoms with Crippen LogP contribution in [-0.4, -0.2) is 35.0 Å². The van der Waals surface area contributed by atoms with Crippen molar-refractivity contribution in [3.63, 3.8) is 0 Å². The molecule has 2 N–H and O–H groups in total. The fourth-order valence-electron chi connectivity index (χ4n) is 9.46. The third-order valence-electron chi connectivity index (χ3n) is 11.3. The second-order valence-electron chi connectivity index (χ2n) is 12.9. The molecule has 4 aliphatic carbocycles. The molecule has 0 aromatic rings. The molecule has 0 amide bonds. The van der Waals surface area contributed by atoms with Crippen LogP contribution in [0.15, 0.2) is 0 Å². The Balaban J connectivity index is 1.57. The van der Waals surface area contributed by atoms with Crippen LogP contribution >= 0.6 is 0 Å². The van der Waals surface area contributed by atoms with Crippen molar-refractivity contribution in [3.8, 4) is 0 Å². The fraction of sp³-hybridized carbons (Fsp3) is 0.966. The van der Waals surface area contributed by atoms with E-state index in [1.165, 1.54) is 44.9 Å². The zero-order chi connectivity index (χ0) is 23.8. The van der Waals surface area contributed by atoms with Gasteiger partial charge in [0.2, 0.25) is 0 Å². The Hall–Kier alpha value is -0.610. The highest BCUT2D eigenvalue weighted by atomic mass is 16.5. The van der Waals surface area contributed by atoms with Crippen LogP contribution in [0.5, 0.6) is 0 Å². The van der Waals surface area contributed by atoms with E-state index in [4.69, 9.17) is 4.74 Å². The largest absolute Gasteiger partial charge is 0.481 e. The van der Waals surface area contributed by atoms with Crippen molar-refractivity contribution < 1.29 is 19.7 Å². The van der Waals surface area contributed by atoms with Crippen molar-refractivity contribution in [2.24, 2.45) is 46.3 Å². The predicted octanol–water partition coefficient (Wildman–Crippen LogP) is 6.69. The van der Waals surface area contributed by atoms with Gasteiger partial charge >= 0.3 is 5.97 Å². The molecule has 4 saturated carbocycles. The molecular formula is C29H50O4. The molecule has 190 valence electrons. The topological polar surface area (TPSA) is 66.8 Å². The monoisotopic (exact) mass is 462 g/mol. The van der Waals surface area contributed by atoms with Crippen molar-refractivity contribution in [1.29, 1.82) is 0 Å². The summed E-state index contributed by atoms with van der Waals surface area (Å²) in [6.07, 6.45) is 14.3. The third-order valence-corrected chi connectivity index (χ3v) is 11.3. The number of carboxylic acids is 1. The summed E-state index contributed by atoms with van der Waals surface area (Å²) in [6.45, 7) is 10.6. The smallest absolute Gasteiger partial charge is 0.303 e. The number of hydrogen-bond donors (Lipinski definition) is 2. The van der Waals surface area contributed by atoms with E-state index < -0.39 is 5.97 Å². The van der Waals surface area contributed by atoms with E-state index in [-0.39, 0.29) is 6.10 Å². The number of aliphatic carboxylic acids is 1. The van der Waals surface area contributed by atoms with Gasteiger partial charge in [-0.25, -0.2) is 0 Å². The maximum atomic E-state index is 11.2. The van der Waals surface area contributed by atoms with Crippen molar-refractivity contribution >= 4 is 5.97 Å². The SMILES string of the molecule is CCCCCO[C@H]1C[C@@H]2C[C@H](O)CC[C@]2(C)[C@H]2CC[C@]3(C)[C@@H]([C@H](C)CCC(=O)O)CC[C@H]3[C@H]12. The summed E-state index contributed by atoms with van der Waals surface area (Å²) < 4.78 is 6.75. The highest BCUT2D eigenvalue weighted by Gasteiger charge is 2.63. The molecule has 0 spiro atoms. The van der Waals surface area contributed by atoms with Gasteiger partial charge in [-0.2, -0.15) is 0 Å². The lowest BCUT2D eigenvalue weighted by Crippen LogP contribution is -2.59. The predicted molar refractivity (Wildman–Crippen MR) is 132 cm³/mol. The normalized spacial score (nSPS) is 45.7. The molecule has 0 heterocycles. The van der Waals surface area contributed by atoms with Gasteiger partial charge in [0, 0.05) is 13.0 Å². The van der Waals surface area contributed by atoms with Gasteiger partial charge in [0.1, 0.15) is 0 Å². The van der Waals surface area contributed by atoms with Gasteiger partial charge in [-0.1, -0.05) is 40.5 Å². The first-order valence-electron chi connectivity index (χ1n) is 14.2. The Kier molecular flexibility index (Phi) is 7.85. The molecule has 0 bridgehead atoms. The third kappa shape index (κ3) is 4.77. The quantitative estimate of drug-likeness (QED) is 0.374. The number of fused-ring (bicyclic) bond motifs is 5. The molecule has 4 aliphatic rings. The minimum Gasteiger partial charge on any atom is -0.481 e. The number of rotatable bonds is 9. The standard InChI is InChI=1S/C29H50O4/c1-5-6-7-16-33-25-18-20-17-21(30)12-14-28(20,3)24-13-15-29(4)22(9-10-23(29)27(24)25)19(2)8-11-26(31)32/h19-25,27,30H,5-18H2,1-4H3,(H,31,32)/t19-,20+,21-,22-,23+,24+,25+,27+,28+,29-/m1/s1. The maximum Gasteiger partial charge on any atom is 0.303 e. The van der Waals surface area contributed by atoms with Crippen LogP contribution in [0.1, 0.15) is 111 Å². The molecule has 0 aromatic heterocycles. The van der Waals surface area contributed by atoms with Crippen molar-refractivity contribution in [3.05, 3.63) is 0 Å². The highest BCUT2D eigenvalue weighted by Crippen LogP contribution is 2.68. The van der Waals surface area contributed by atoms with E-state index >= 15 is 0 Å². The molecule has 10 atom stereocenters. The first-order valence-corrected chi connectivity index (χ1v) is 14.2. The van der Waals surface area contributed by atoms with Gasteiger partial charge < -0.3 is 14.9 Å². The fourth-order valence-corrected chi connectivity index (χ4v) is 9.46. The Morgan fingerprint density at radius 2 is 1.76 bits per heavy atom. The molecule has 33 heavy (non-hydrogen) atoms. The van der Waals surface area contributed by atoms with E-state index in [1.54, 1.807) is 0 Å². The Labute approximate surface area is 202 Å². The van der Waals surface area contributed by atoms with Crippen LogP contribution in [0.2, 0.25) is 0 Å². The minimum absolute atomic E-state index is 0.125. The van der Waals surface area contributed by atoms with Crippen molar-refractivity contribution in [1.82, 2.24) is 0 Å². The molecule has 4 fully saturated rings. The number of unbranched alkanes of at least 4 members (excludes halogenated alkanes) is 2. The minimum atomic E-state index is -0.656. The Bertz CT molecular complexity index is 679. The molecule has 4 nitrogen and oxygen atoms in total. The van der Waals surface area contributed by atoms with Gasteiger partial charge in [-0.15, -0.1) is 0 Å². The summed E-state index contributed by atoms with van der Waals surface area (Å²) in [5, 5.41) is 19.7. The van der Waals surface area contributed by atoms with Crippen LogP contribution in [0.25, 0.3) is 0 Å². The second-order valence-corrected chi connectivity index (χ2v) is 12.9. The van der Waals surface area contributed by atoms with Crippen LogP contribution in [0, 0.1) is 46.3 Å². The number of aliphatic hydroxyl groups is 1. The molecule has 0 radical (unpaired) electrons. The summed E-state index contributed by atoms with van der Waals surface area (Å²) in [5.41, 5.74) is 0.670. The lowest BCUT2D eigenvalue weighted by molar-refractivity contribution is -0.188. The van der Waals surface area contributed by atoms with Gasteiger partial charge in [0.15, 0.2) is 0 Å². The molecule has 0 unspecified atom stereocenters. The molecule has 0 aliphatic heterocycles. The Morgan fingerprint density at radius 1 is 1.03 bits per heavy atom. The van der Waals surface area contributed by atoms with Gasteiger partial charge in [0.05, 0.1) is 12.2 Å². The number of hydrogen-bond acceptors (Lipinski definition) is 3. The van der Waals surface area contributed by atoms with Crippen LogP contribution in [0.4, 0.5) is 0 Å². The van der Waals surface area contributed by atoms with Crippen LogP contribution < -0.4 is 0 Å². The number of ether oxygens (including phenoxy) is 1. The van der Waals surface area contributed by atoms with Gasteiger partial charge in [-0.05, 0) is 111 Å².